The van der Waals surface area contributed by atoms with E-state index < -0.39 is 45.5 Å². The molecule has 4 rings (SSSR count). The molecule has 0 saturated carbocycles. The molecule has 11 nitrogen and oxygen atoms in total. The monoisotopic (exact) mass is 1630 g/mol. The molecule has 0 radical (unpaired) electrons. The van der Waals surface area contributed by atoms with Crippen LogP contribution in [-0.2, 0) is 70.5 Å². The molecule has 0 aliphatic rings. The Morgan fingerprint density at radius 1 is 0.248 bits per heavy atom. The maximum absolute atomic E-state index is 11.2. The van der Waals surface area contributed by atoms with E-state index in [2.05, 4.69) is 139 Å². The van der Waals surface area contributed by atoms with E-state index in [1.165, 1.54) is 188 Å². The quantitative estimate of drug-likeness (QED) is 0.0163. The highest BCUT2D eigenvalue weighted by Crippen LogP contribution is 2.36. The van der Waals surface area contributed by atoms with Gasteiger partial charge >= 0.3 is 23.9 Å². The molecule has 7 N–H and O–H groups in total. The molecule has 4 aromatic carbocycles. The molecule has 0 spiro atoms. The van der Waals surface area contributed by atoms with Gasteiger partial charge in [-0.15, -0.1) is 0 Å². The third-order valence-electron chi connectivity index (χ3n) is 24.2. The van der Waals surface area contributed by atoms with Crippen molar-refractivity contribution in [2.45, 2.75) is 461 Å². The summed E-state index contributed by atoms with van der Waals surface area (Å²) in [6.07, 6.45) is 54.3. The van der Waals surface area contributed by atoms with Crippen LogP contribution in [0.4, 0.5) is 0 Å². The topological polar surface area (TPSA) is 210 Å². The summed E-state index contributed by atoms with van der Waals surface area (Å²) in [4.78, 5) is 44.7. The van der Waals surface area contributed by atoms with Crippen molar-refractivity contribution in [2.75, 3.05) is 0 Å². The lowest BCUT2D eigenvalue weighted by Gasteiger charge is -2.18. The number of carboxylic acid groups (broad SMARTS) is 4. The number of aryl methyl sites for hydroxylation is 8. The molecule has 0 bridgehead atoms. The Bertz CT molecular complexity index is 3260. The maximum Gasteiger partial charge on any atom is 0.309 e. The van der Waals surface area contributed by atoms with Gasteiger partial charge in [-0.25, -0.2) is 0 Å². The van der Waals surface area contributed by atoms with Crippen LogP contribution in [0.2, 0.25) is 0 Å². The standard InChI is InChI=1S/2C27H46O2.C26H44O4.C26H44O3/c1-22-16-15-18-23(17-11-7-9-13-20-26(2,3)4)24(22)19-12-8-10-14-21-27(5,6)25(28)29;1-22-17-18-23(15-11-7-9-13-19-26(2,3)4)24(21-22)16-12-8-10-14-20-27(5,6)25(28)29;1-25(2,3)18-12-8-6-10-14-20-16-17-22(27)23(28)21(20)15-11-7-9-13-19-26(4,5)24(29)30;1-25(2,3)18-12-8-6-10-14-21-16-17-23(27)20-22(21)15-11-7-9-13-19-26(4,5)24(28)29/h15-16,18H,7-14,17,19-21H2,1-6H3,(H,28,29);17-18,21H,7-16,19-20H2,1-6H3,(H,28,29);16-17,27-28H,6-15,18-19H2,1-5H3,(H,29,30);16-17,20,27H,6-15,18-19H2,1-5H3,(H,28,29). The Kier molecular flexibility index (Phi) is 52.9. The van der Waals surface area contributed by atoms with Crippen molar-refractivity contribution in [1.29, 1.82) is 0 Å². The summed E-state index contributed by atoms with van der Waals surface area (Å²) in [7, 11) is 0. The zero-order chi connectivity index (χ0) is 88.5. The first-order valence-electron chi connectivity index (χ1n) is 46.9. The highest BCUT2D eigenvalue weighted by molar-refractivity contribution is 5.74. The molecular formula is C106H180O11. The highest BCUT2D eigenvalue weighted by atomic mass is 16.4. The molecule has 0 saturated heterocycles. The van der Waals surface area contributed by atoms with Gasteiger partial charge < -0.3 is 35.7 Å². The first-order chi connectivity index (χ1) is 54.5. The minimum atomic E-state index is -0.741. The van der Waals surface area contributed by atoms with Crippen LogP contribution in [0.3, 0.4) is 0 Å². The summed E-state index contributed by atoms with van der Waals surface area (Å²) in [6, 6.07) is 23.1. The second kappa shape index (κ2) is 56.7. The lowest BCUT2D eigenvalue weighted by atomic mass is 9.86. The largest absolute Gasteiger partial charge is 0.508 e. The smallest absolute Gasteiger partial charge is 0.309 e. The molecule has 670 valence electrons. The second-order valence-electron chi connectivity index (χ2n) is 42.8. The molecule has 117 heavy (non-hydrogen) atoms. The Morgan fingerprint density at radius 2 is 0.496 bits per heavy atom. The molecule has 0 aliphatic carbocycles. The number of hydrogen-bond acceptors (Lipinski definition) is 7. The highest BCUT2D eigenvalue weighted by Gasteiger charge is 2.29. The van der Waals surface area contributed by atoms with Gasteiger partial charge in [-0.05, 0) is 308 Å². The van der Waals surface area contributed by atoms with E-state index in [1.807, 2.05) is 45.9 Å². The van der Waals surface area contributed by atoms with E-state index in [9.17, 15) is 54.9 Å². The number of rotatable bonds is 56. The molecule has 0 atom stereocenters. The van der Waals surface area contributed by atoms with Crippen LogP contribution in [-0.4, -0.2) is 59.6 Å². The van der Waals surface area contributed by atoms with Crippen molar-refractivity contribution >= 4 is 23.9 Å². The van der Waals surface area contributed by atoms with Gasteiger partial charge in [-0.3, -0.25) is 19.2 Å². The third-order valence-corrected chi connectivity index (χ3v) is 24.2. The zero-order valence-electron chi connectivity index (χ0n) is 79.6. The number of phenolic OH excluding ortho intramolecular Hbond substituents is 3. The number of unbranched alkanes of at least 4 members (excludes halogenated alkanes) is 24. The summed E-state index contributed by atoms with van der Waals surface area (Å²) in [5.74, 6) is -2.46. The Hall–Kier alpha value is -5.84. The Balaban J connectivity index is 0.000000780. The molecule has 0 amide bonds. The number of carbonyl (C=O) groups is 4. The zero-order valence-corrected chi connectivity index (χ0v) is 79.6. The van der Waals surface area contributed by atoms with Crippen molar-refractivity contribution in [3.63, 3.8) is 0 Å². The first kappa shape index (κ1) is 109. The van der Waals surface area contributed by atoms with Crippen molar-refractivity contribution in [2.24, 2.45) is 43.3 Å². The van der Waals surface area contributed by atoms with E-state index in [1.54, 1.807) is 50.5 Å². The summed E-state index contributed by atoms with van der Waals surface area (Å²) in [5, 5.41) is 66.9. The fourth-order valence-corrected chi connectivity index (χ4v) is 15.5. The van der Waals surface area contributed by atoms with Gasteiger partial charge in [0, 0.05) is 5.56 Å². The van der Waals surface area contributed by atoms with Crippen LogP contribution in [0, 0.1) is 57.2 Å². The van der Waals surface area contributed by atoms with Gasteiger partial charge in [0.2, 0.25) is 0 Å². The summed E-state index contributed by atoms with van der Waals surface area (Å²) in [5.41, 5.74) is 13.0. The van der Waals surface area contributed by atoms with Gasteiger partial charge in [0.25, 0.3) is 0 Å². The van der Waals surface area contributed by atoms with Crippen molar-refractivity contribution in [1.82, 2.24) is 0 Å². The predicted octanol–water partition coefficient (Wildman–Crippen LogP) is 31.1. The molecule has 0 unspecified atom stereocenters. The fourth-order valence-electron chi connectivity index (χ4n) is 15.5. The van der Waals surface area contributed by atoms with E-state index in [0.717, 1.165) is 152 Å². The summed E-state index contributed by atoms with van der Waals surface area (Å²) >= 11 is 0. The average molecular weight is 1630 g/mol. The molecule has 0 aliphatic heterocycles. The third kappa shape index (κ3) is 53.5. The van der Waals surface area contributed by atoms with Gasteiger partial charge in [0.05, 0.1) is 21.7 Å². The number of aromatic hydroxyl groups is 3. The molecular weight excluding hydrogens is 1450 g/mol. The van der Waals surface area contributed by atoms with Crippen LogP contribution in [0.1, 0.15) is 451 Å². The molecule has 0 aromatic heterocycles. The average Bonchev–Trinajstić information content (AvgIpc) is 0.840. The normalized spacial score (nSPS) is 12.3. The Labute approximate surface area is 718 Å². The van der Waals surface area contributed by atoms with Crippen LogP contribution in [0.25, 0.3) is 0 Å². The van der Waals surface area contributed by atoms with Gasteiger partial charge in [0.1, 0.15) is 5.75 Å². The number of phenols is 3. The van der Waals surface area contributed by atoms with E-state index >= 15 is 0 Å². The van der Waals surface area contributed by atoms with E-state index in [0.29, 0.717) is 33.8 Å². The molecule has 4 aromatic rings. The number of carboxylic acids is 4. The lowest BCUT2D eigenvalue weighted by Crippen LogP contribution is -2.23. The Morgan fingerprint density at radius 3 is 0.812 bits per heavy atom. The fraction of sp³-hybridized carbons (Fsp3) is 0.736. The van der Waals surface area contributed by atoms with Crippen LogP contribution in [0.15, 0.2) is 66.7 Å². The minimum absolute atomic E-state index is 0.0345. The van der Waals surface area contributed by atoms with Gasteiger partial charge in [-0.2, -0.15) is 0 Å². The van der Waals surface area contributed by atoms with Gasteiger partial charge in [0.15, 0.2) is 11.5 Å². The van der Waals surface area contributed by atoms with Crippen molar-refractivity contribution in [3.05, 3.63) is 122 Å². The number of aliphatic carboxylic acids is 4. The van der Waals surface area contributed by atoms with E-state index in [-0.39, 0.29) is 11.5 Å². The SMILES string of the molecule is CC(C)(C)CCCCCCc1ccc(O)c(O)c1CCCCCCC(C)(C)C(=O)O.CC(C)(C)CCCCCCc1ccc(O)cc1CCCCCCC(C)(C)C(=O)O.Cc1ccc(CCCCCCC(C)(C)C)c(CCCCCCC(C)(C)C(=O)O)c1.Cc1cccc(CCCCCCC(C)(C)C)c1CCCCCCC(C)(C)C(=O)O. The maximum atomic E-state index is 11.2. The van der Waals surface area contributed by atoms with Crippen molar-refractivity contribution < 1.29 is 54.9 Å². The van der Waals surface area contributed by atoms with E-state index in [4.69, 9.17) is 0 Å². The predicted molar refractivity (Wildman–Crippen MR) is 498 cm³/mol. The second-order valence-corrected chi connectivity index (χ2v) is 42.8. The van der Waals surface area contributed by atoms with Crippen LogP contribution >= 0.6 is 0 Å². The molecule has 11 heteroatoms. The summed E-state index contributed by atoms with van der Waals surface area (Å²) < 4.78 is 0. The molecule has 0 fully saturated rings. The van der Waals surface area contributed by atoms with Crippen molar-refractivity contribution in [3.8, 4) is 17.2 Å². The van der Waals surface area contributed by atoms with Crippen LogP contribution in [0.5, 0.6) is 17.2 Å². The number of benzene rings is 4. The molecule has 0 heterocycles. The first-order valence-corrected chi connectivity index (χ1v) is 46.9. The summed E-state index contributed by atoms with van der Waals surface area (Å²) in [6.45, 7) is 46.7. The minimum Gasteiger partial charge on any atom is -0.508 e. The number of hydrogen-bond donors (Lipinski definition) is 7. The van der Waals surface area contributed by atoms with Gasteiger partial charge in [-0.1, -0.05) is 291 Å². The lowest BCUT2D eigenvalue weighted by molar-refractivity contribution is -0.148. The van der Waals surface area contributed by atoms with Crippen LogP contribution < -0.4 is 0 Å².